The summed E-state index contributed by atoms with van der Waals surface area (Å²) < 4.78 is 38.8. The van der Waals surface area contributed by atoms with Gasteiger partial charge in [0.05, 0.1) is 17.6 Å². The summed E-state index contributed by atoms with van der Waals surface area (Å²) in [4.78, 5) is 6.59. The first-order valence-corrected chi connectivity index (χ1v) is 11.7. The summed E-state index contributed by atoms with van der Waals surface area (Å²) in [6.07, 6.45) is 3.11. The number of hydrogen-bond acceptors (Lipinski definition) is 6. The summed E-state index contributed by atoms with van der Waals surface area (Å²) in [7, 11) is -2.32. The lowest BCUT2D eigenvalue weighted by molar-refractivity contribution is 0.414. The van der Waals surface area contributed by atoms with Crippen molar-refractivity contribution < 1.29 is 17.6 Å². The second-order valence-electron chi connectivity index (χ2n) is 6.84. The van der Waals surface area contributed by atoms with Crippen molar-refractivity contribution in [2.45, 2.75) is 29.2 Å². The maximum Gasteiger partial charge on any atom is 0.236 e. The number of piperidine rings is 1. The van der Waals surface area contributed by atoms with E-state index in [2.05, 4.69) is 20.9 Å². The summed E-state index contributed by atoms with van der Waals surface area (Å²) in [5.74, 6) is 1.19. The van der Waals surface area contributed by atoms with Gasteiger partial charge in [0, 0.05) is 17.6 Å². The van der Waals surface area contributed by atoms with Gasteiger partial charge in [0.2, 0.25) is 26.6 Å². The van der Waals surface area contributed by atoms with Crippen LogP contribution in [-0.4, -0.2) is 33.6 Å². The highest BCUT2D eigenvalue weighted by Gasteiger charge is 2.32. The van der Waals surface area contributed by atoms with E-state index in [-0.39, 0.29) is 15.8 Å². The molecule has 0 bridgehead atoms. The van der Waals surface area contributed by atoms with Crippen LogP contribution in [0.3, 0.4) is 0 Å². The number of nitrogens with zero attached hydrogens (tertiary/aromatic N) is 2. The van der Waals surface area contributed by atoms with Crippen molar-refractivity contribution >= 4 is 31.7 Å². The molecule has 1 saturated heterocycles. The molecule has 0 spiro atoms. The van der Waals surface area contributed by atoms with Crippen molar-refractivity contribution in [3.8, 4) is 17.2 Å². The fourth-order valence-electron chi connectivity index (χ4n) is 3.39. The largest absolute Gasteiger partial charge is 0.497 e. The molecule has 1 aliphatic heterocycles. The van der Waals surface area contributed by atoms with Gasteiger partial charge in [0.1, 0.15) is 5.75 Å². The van der Waals surface area contributed by atoms with Crippen LogP contribution in [0, 0.1) is 0 Å². The second-order valence-corrected chi connectivity index (χ2v) is 9.56. The standard InChI is InChI=1S/C21H21BrN2O4S/c1-27-15-9-11-16(12-10-15)29(25,26)20-21(24-13-5-2-6-14-24)28-19(23-20)17-7-3-4-8-18(17)22/h3-4,7-12H,2,5-6,13-14H2,1H3. The van der Waals surface area contributed by atoms with Gasteiger partial charge in [-0.1, -0.05) is 12.1 Å². The molecule has 0 saturated carbocycles. The zero-order valence-electron chi connectivity index (χ0n) is 16.0. The molecular formula is C21H21BrN2O4S. The molecule has 0 aliphatic carbocycles. The Kier molecular flexibility index (Phi) is 5.65. The van der Waals surface area contributed by atoms with E-state index in [0.29, 0.717) is 17.2 Å². The number of methoxy groups -OCH3 is 1. The Balaban J connectivity index is 1.84. The number of rotatable bonds is 5. The van der Waals surface area contributed by atoms with E-state index in [4.69, 9.17) is 9.15 Å². The fraction of sp³-hybridized carbons (Fsp3) is 0.286. The summed E-state index contributed by atoms with van der Waals surface area (Å²) in [6.45, 7) is 1.49. The first-order chi connectivity index (χ1) is 14.0. The minimum atomic E-state index is -3.86. The highest BCUT2D eigenvalue weighted by Crippen LogP contribution is 2.37. The molecule has 2 aromatic carbocycles. The molecular weight excluding hydrogens is 456 g/mol. The number of hydrogen-bond donors (Lipinski definition) is 0. The molecule has 4 rings (SSSR count). The van der Waals surface area contributed by atoms with Crippen LogP contribution < -0.4 is 9.64 Å². The van der Waals surface area contributed by atoms with Crippen molar-refractivity contribution in [1.82, 2.24) is 4.98 Å². The second kappa shape index (κ2) is 8.20. The number of anilines is 1. The van der Waals surface area contributed by atoms with E-state index in [1.54, 1.807) is 19.2 Å². The molecule has 0 amide bonds. The van der Waals surface area contributed by atoms with Crippen LogP contribution in [0.25, 0.3) is 11.5 Å². The van der Waals surface area contributed by atoms with Crippen LogP contribution in [-0.2, 0) is 9.84 Å². The zero-order chi connectivity index (χ0) is 20.4. The normalized spacial score (nSPS) is 14.8. The predicted molar refractivity (Wildman–Crippen MR) is 114 cm³/mol. The van der Waals surface area contributed by atoms with Crippen molar-refractivity contribution in [2.24, 2.45) is 0 Å². The molecule has 29 heavy (non-hydrogen) atoms. The predicted octanol–water partition coefficient (Wildman–Crippen LogP) is 4.94. The van der Waals surface area contributed by atoms with Gasteiger partial charge in [0.15, 0.2) is 0 Å². The lowest BCUT2D eigenvalue weighted by Crippen LogP contribution is -2.30. The third-order valence-electron chi connectivity index (χ3n) is 4.95. The van der Waals surface area contributed by atoms with Crippen molar-refractivity contribution in [3.05, 3.63) is 53.0 Å². The fourth-order valence-corrected chi connectivity index (χ4v) is 5.16. The van der Waals surface area contributed by atoms with Crippen LogP contribution in [0.2, 0.25) is 0 Å². The molecule has 0 unspecified atom stereocenters. The monoisotopic (exact) mass is 476 g/mol. The molecule has 1 fully saturated rings. The molecule has 6 nitrogen and oxygen atoms in total. The molecule has 152 valence electrons. The van der Waals surface area contributed by atoms with Gasteiger partial charge in [-0.25, -0.2) is 8.42 Å². The molecule has 0 N–H and O–H groups in total. The molecule has 2 heterocycles. The van der Waals surface area contributed by atoms with E-state index >= 15 is 0 Å². The number of oxazole rings is 1. The zero-order valence-corrected chi connectivity index (χ0v) is 18.4. The Hall–Kier alpha value is -2.32. The SMILES string of the molecule is COc1ccc(S(=O)(=O)c2nc(-c3ccccc3Br)oc2N2CCCCC2)cc1. The highest BCUT2D eigenvalue weighted by molar-refractivity contribution is 9.10. The maximum absolute atomic E-state index is 13.4. The Morgan fingerprint density at radius 2 is 1.72 bits per heavy atom. The van der Waals surface area contributed by atoms with Gasteiger partial charge in [-0.05, 0) is 71.6 Å². The number of sulfone groups is 1. The summed E-state index contributed by atoms with van der Waals surface area (Å²) in [5.41, 5.74) is 0.710. The summed E-state index contributed by atoms with van der Waals surface area (Å²) >= 11 is 3.50. The van der Waals surface area contributed by atoms with Gasteiger partial charge in [-0.3, -0.25) is 0 Å². The van der Waals surface area contributed by atoms with Crippen LogP contribution in [0.4, 0.5) is 5.88 Å². The number of ether oxygens (including phenoxy) is 1. The average molecular weight is 477 g/mol. The van der Waals surface area contributed by atoms with Gasteiger partial charge in [-0.2, -0.15) is 4.98 Å². The van der Waals surface area contributed by atoms with E-state index in [9.17, 15) is 8.42 Å². The number of benzene rings is 2. The summed E-state index contributed by atoms with van der Waals surface area (Å²) in [5, 5.41) is -0.0460. The van der Waals surface area contributed by atoms with E-state index in [1.165, 1.54) is 12.1 Å². The van der Waals surface area contributed by atoms with Crippen LogP contribution in [0.15, 0.2) is 67.3 Å². The smallest absolute Gasteiger partial charge is 0.236 e. The van der Waals surface area contributed by atoms with E-state index in [1.807, 2.05) is 29.2 Å². The Labute approximate surface area is 178 Å². The van der Waals surface area contributed by atoms with Crippen LogP contribution in [0.1, 0.15) is 19.3 Å². The van der Waals surface area contributed by atoms with Crippen LogP contribution in [0.5, 0.6) is 5.75 Å². The van der Waals surface area contributed by atoms with E-state index in [0.717, 1.165) is 36.8 Å². The first kappa shape index (κ1) is 20.0. The van der Waals surface area contributed by atoms with Crippen molar-refractivity contribution in [2.75, 3.05) is 25.1 Å². The minimum Gasteiger partial charge on any atom is -0.497 e. The topological polar surface area (TPSA) is 72.6 Å². The lowest BCUT2D eigenvalue weighted by atomic mass is 10.1. The van der Waals surface area contributed by atoms with Gasteiger partial charge < -0.3 is 14.1 Å². The number of halogens is 1. The average Bonchev–Trinajstić information content (AvgIpc) is 3.21. The molecule has 0 radical (unpaired) electrons. The lowest BCUT2D eigenvalue weighted by Gasteiger charge is -2.26. The van der Waals surface area contributed by atoms with Crippen LogP contribution >= 0.6 is 15.9 Å². The molecule has 1 aliphatic rings. The Morgan fingerprint density at radius 1 is 1.03 bits per heavy atom. The Bertz CT molecular complexity index is 1100. The quantitative estimate of drug-likeness (QED) is 0.519. The number of aromatic nitrogens is 1. The molecule has 0 atom stereocenters. The Morgan fingerprint density at radius 3 is 2.38 bits per heavy atom. The van der Waals surface area contributed by atoms with Gasteiger partial charge in [0.25, 0.3) is 0 Å². The molecule has 8 heteroatoms. The van der Waals surface area contributed by atoms with Crippen molar-refractivity contribution in [1.29, 1.82) is 0 Å². The van der Waals surface area contributed by atoms with E-state index < -0.39 is 9.84 Å². The van der Waals surface area contributed by atoms with Gasteiger partial charge in [-0.15, -0.1) is 0 Å². The minimum absolute atomic E-state index is 0.0460. The van der Waals surface area contributed by atoms with Crippen molar-refractivity contribution in [3.63, 3.8) is 0 Å². The maximum atomic E-state index is 13.4. The highest BCUT2D eigenvalue weighted by atomic mass is 79.9. The molecule has 1 aromatic heterocycles. The van der Waals surface area contributed by atoms with Gasteiger partial charge >= 0.3 is 0 Å². The third-order valence-corrected chi connectivity index (χ3v) is 7.31. The first-order valence-electron chi connectivity index (χ1n) is 9.40. The molecule has 3 aromatic rings. The summed E-state index contributed by atoms with van der Waals surface area (Å²) in [6, 6.07) is 13.8. The third kappa shape index (κ3) is 3.91.